The van der Waals surface area contributed by atoms with Crippen LogP contribution in [-0.4, -0.2) is 47.9 Å². The average Bonchev–Trinajstić information content (AvgIpc) is 2.05. The molecule has 74 valence electrons. The molecular weight excluding hydrogens is 163 g/mol. The van der Waals surface area contributed by atoms with Crippen LogP contribution in [0.5, 0.6) is 0 Å². The van der Waals surface area contributed by atoms with E-state index in [2.05, 4.69) is 4.65 Å². The van der Waals surface area contributed by atoms with E-state index in [1.165, 1.54) is 7.11 Å². The van der Waals surface area contributed by atoms with Gasteiger partial charge in [-0.1, -0.05) is 13.8 Å². The highest BCUT2D eigenvalue weighted by molar-refractivity contribution is 6.32. The van der Waals surface area contributed by atoms with Gasteiger partial charge in [0.05, 0.1) is 13.2 Å². The second-order valence-electron chi connectivity index (χ2n) is 3.04. The average molecular weight is 180 g/mol. The minimum absolute atomic E-state index is 0.0451. The van der Waals surface area contributed by atoms with E-state index in [4.69, 9.17) is 20.3 Å². The number of aliphatic hydroxyl groups excluding tert-OH is 2. The fourth-order valence-electron chi connectivity index (χ4n) is 0.0500. The minimum atomic E-state index is -1.62. The third-order valence-electron chi connectivity index (χ3n) is 1.07. The zero-order chi connectivity index (χ0) is 10.2. The monoisotopic (exact) mass is 180 g/mol. The predicted molar refractivity (Wildman–Crippen MR) is 45.2 cm³/mol. The summed E-state index contributed by atoms with van der Waals surface area (Å²) < 4.78 is 3.86. The largest absolute Gasteiger partial charge is 0.633 e. The lowest BCUT2D eigenvalue weighted by Gasteiger charge is -2.16. The molecule has 0 amide bonds. The summed E-state index contributed by atoms with van der Waals surface area (Å²) in [4.78, 5) is 0. The van der Waals surface area contributed by atoms with Crippen molar-refractivity contribution in [1.82, 2.24) is 0 Å². The van der Waals surface area contributed by atoms with E-state index in [0.717, 1.165) is 0 Å². The van der Waals surface area contributed by atoms with Gasteiger partial charge in [0, 0.05) is 12.5 Å². The first-order chi connectivity index (χ1) is 5.39. The van der Waals surface area contributed by atoms with Crippen LogP contribution in [0.25, 0.3) is 0 Å². The molecule has 6 heteroatoms. The Morgan fingerprint density at radius 3 is 1.42 bits per heavy atom. The molecule has 0 aliphatic carbocycles. The van der Waals surface area contributed by atoms with Gasteiger partial charge in [-0.05, 0) is 0 Å². The van der Waals surface area contributed by atoms with E-state index in [0.29, 0.717) is 0 Å². The van der Waals surface area contributed by atoms with E-state index in [1.54, 1.807) is 13.8 Å². The Balaban J connectivity index is 0. The highest BCUT2D eigenvalue weighted by Gasteiger charge is 2.13. The molecule has 0 rings (SSSR count). The van der Waals surface area contributed by atoms with Crippen LogP contribution in [0.15, 0.2) is 0 Å². The topological polar surface area (TPSA) is 90.2 Å². The second kappa shape index (κ2) is 7.51. The SMILES string of the molecule is CC(C)(CO)CO.COB(O)O. The third-order valence-corrected chi connectivity index (χ3v) is 1.07. The zero-order valence-corrected chi connectivity index (χ0v) is 7.69. The molecule has 0 aromatic heterocycles. The van der Waals surface area contributed by atoms with Crippen molar-refractivity contribution in [3.05, 3.63) is 0 Å². The number of hydrogen-bond donors (Lipinski definition) is 4. The third kappa shape index (κ3) is 12.5. The molecule has 0 radical (unpaired) electrons. The summed E-state index contributed by atoms with van der Waals surface area (Å²) in [5.74, 6) is 0. The molecule has 0 bridgehead atoms. The molecule has 5 nitrogen and oxygen atoms in total. The number of hydrogen-bond acceptors (Lipinski definition) is 5. The van der Waals surface area contributed by atoms with Crippen molar-refractivity contribution in [2.24, 2.45) is 5.41 Å². The molecular formula is C6H17BO5. The van der Waals surface area contributed by atoms with Crippen LogP contribution in [0.4, 0.5) is 0 Å². The molecule has 0 aliphatic heterocycles. The van der Waals surface area contributed by atoms with Crippen LogP contribution in [0, 0.1) is 5.41 Å². The molecule has 0 saturated heterocycles. The standard InChI is InChI=1S/C5H12O2.CH5BO3/c1-5(2,3-6)4-7;1-5-2(3)4/h6-7H,3-4H2,1-2H3;3-4H,1H3. The second-order valence-corrected chi connectivity index (χ2v) is 3.04. The summed E-state index contributed by atoms with van der Waals surface area (Å²) >= 11 is 0. The first kappa shape index (κ1) is 14.4. The summed E-state index contributed by atoms with van der Waals surface area (Å²) in [6, 6.07) is 0. The Hall–Kier alpha value is -0.135. The van der Waals surface area contributed by atoms with Gasteiger partial charge in [-0.25, -0.2) is 0 Å². The minimum Gasteiger partial charge on any atom is -0.402 e. The molecule has 0 aromatic rings. The molecule has 0 unspecified atom stereocenters. The van der Waals surface area contributed by atoms with E-state index in [9.17, 15) is 0 Å². The molecule has 0 heterocycles. The normalized spacial score (nSPS) is 10.2. The maximum Gasteiger partial charge on any atom is 0.633 e. The van der Waals surface area contributed by atoms with Gasteiger partial charge in [-0.3, -0.25) is 0 Å². The maximum absolute atomic E-state index is 8.43. The fourth-order valence-corrected chi connectivity index (χ4v) is 0.0500. The Kier molecular flexibility index (Phi) is 9.01. The quantitative estimate of drug-likeness (QED) is 0.401. The zero-order valence-electron chi connectivity index (χ0n) is 7.69. The predicted octanol–water partition coefficient (Wildman–Crippen LogP) is -1.40. The summed E-state index contributed by atoms with van der Waals surface area (Å²) in [7, 11) is -0.417. The van der Waals surface area contributed by atoms with Gasteiger partial charge >= 0.3 is 7.32 Å². The van der Waals surface area contributed by atoms with Gasteiger partial charge in [-0.15, -0.1) is 0 Å². The first-order valence-corrected chi connectivity index (χ1v) is 3.50. The molecule has 0 fully saturated rings. The maximum atomic E-state index is 8.43. The lowest BCUT2D eigenvalue weighted by atomic mass is 9.97. The summed E-state index contributed by atoms with van der Waals surface area (Å²) in [6.07, 6.45) is 0. The van der Waals surface area contributed by atoms with Gasteiger partial charge < -0.3 is 24.9 Å². The fraction of sp³-hybridized carbons (Fsp3) is 1.00. The molecule has 4 N–H and O–H groups in total. The summed E-state index contributed by atoms with van der Waals surface area (Å²) in [6.45, 7) is 3.69. The van der Waals surface area contributed by atoms with Gasteiger partial charge in [0.25, 0.3) is 0 Å². The Morgan fingerprint density at radius 2 is 1.42 bits per heavy atom. The molecule has 0 aliphatic rings. The van der Waals surface area contributed by atoms with Crippen molar-refractivity contribution in [1.29, 1.82) is 0 Å². The van der Waals surface area contributed by atoms with Crippen molar-refractivity contribution < 1.29 is 24.9 Å². The number of aliphatic hydroxyl groups is 2. The smallest absolute Gasteiger partial charge is 0.402 e. The Bertz CT molecular complexity index is 89.9. The van der Waals surface area contributed by atoms with Crippen molar-refractivity contribution >= 4 is 7.32 Å². The van der Waals surface area contributed by atoms with E-state index >= 15 is 0 Å². The van der Waals surface area contributed by atoms with Crippen molar-refractivity contribution in [3.8, 4) is 0 Å². The van der Waals surface area contributed by atoms with Crippen molar-refractivity contribution in [2.75, 3.05) is 20.3 Å². The van der Waals surface area contributed by atoms with Crippen molar-refractivity contribution in [3.63, 3.8) is 0 Å². The Morgan fingerprint density at radius 1 is 1.17 bits per heavy atom. The number of rotatable bonds is 3. The molecule has 0 saturated carbocycles. The highest BCUT2D eigenvalue weighted by atomic mass is 16.6. The summed E-state index contributed by atoms with van der Waals surface area (Å²) in [5.41, 5.74) is -0.306. The van der Waals surface area contributed by atoms with Crippen LogP contribution < -0.4 is 0 Å². The molecule has 12 heavy (non-hydrogen) atoms. The van der Waals surface area contributed by atoms with Gasteiger partial charge in [0.15, 0.2) is 0 Å². The van der Waals surface area contributed by atoms with Crippen molar-refractivity contribution in [2.45, 2.75) is 13.8 Å². The van der Waals surface area contributed by atoms with Crippen LogP contribution in [0.2, 0.25) is 0 Å². The van der Waals surface area contributed by atoms with Gasteiger partial charge in [0.2, 0.25) is 0 Å². The van der Waals surface area contributed by atoms with Crippen LogP contribution in [-0.2, 0) is 4.65 Å². The van der Waals surface area contributed by atoms with Gasteiger partial charge in [-0.2, -0.15) is 0 Å². The Labute approximate surface area is 72.8 Å². The molecule has 0 spiro atoms. The molecule has 0 aromatic carbocycles. The lowest BCUT2D eigenvalue weighted by Crippen LogP contribution is -2.20. The highest BCUT2D eigenvalue weighted by Crippen LogP contribution is 2.10. The lowest BCUT2D eigenvalue weighted by molar-refractivity contribution is 0.0857. The van der Waals surface area contributed by atoms with Crippen LogP contribution in [0.1, 0.15) is 13.8 Å². The van der Waals surface area contributed by atoms with Crippen LogP contribution >= 0.6 is 0 Å². The van der Waals surface area contributed by atoms with Gasteiger partial charge in [0.1, 0.15) is 0 Å². The van der Waals surface area contributed by atoms with Crippen LogP contribution in [0.3, 0.4) is 0 Å². The van der Waals surface area contributed by atoms with E-state index in [1.807, 2.05) is 0 Å². The van der Waals surface area contributed by atoms with E-state index in [-0.39, 0.29) is 18.6 Å². The first-order valence-electron chi connectivity index (χ1n) is 3.50. The molecule has 0 atom stereocenters. The van der Waals surface area contributed by atoms with E-state index < -0.39 is 7.32 Å². The summed E-state index contributed by atoms with van der Waals surface area (Å²) in [5, 5.41) is 32.3.